The van der Waals surface area contributed by atoms with Crippen molar-refractivity contribution < 1.29 is 9.84 Å². The molecule has 3 aromatic rings. The second kappa shape index (κ2) is 5.58. The monoisotopic (exact) mass is 278 g/mol. The van der Waals surface area contributed by atoms with E-state index in [1.165, 1.54) is 0 Å². The second-order valence-electron chi connectivity index (χ2n) is 5.19. The van der Waals surface area contributed by atoms with Gasteiger partial charge in [0.15, 0.2) is 0 Å². The first-order chi connectivity index (χ1) is 10.2. The third-order valence-electron chi connectivity index (χ3n) is 3.89. The third-order valence-corrected chi connectivity index (χ3v) is 3.89. The van der Waals surface area contributed by atoms with Crippen molar-refractivity contribution in [2.45, 2.75) is 13.0 Å². The number of aliphatic hydroxyl groups is 1. The van der Waals surface area contributed by atoms with Crippen LogP contribution in [0.4, 0.5) is 0 Å². The van der Waals surface area contributed by atoms with E-state index in [1.807, 2.05) is 55.5 Å². The zero-order chi connectivity index (χ0) is 14.8. The van der Waals surface area contributed by atoms with Crippen LogP contribution in [0.15, 0.2) is 60.7 Å². The Balaban J connectivity index is 2.10. The van der Waals surface area contributed by atoms with Crippen molar-refractivity contribution >= 4 is 10.8 Å². The molecule has 0 aliphatic carbocycles. The van der Waals surface area contributed by atoms with Crippen molar-refractivity contribution in [2.24, 2.45) is 0 Å². The quantitative estimate of drug-likeness (QED) is 0.776. The normalized spacial score (nSPS) is 12.3. The first-order valence-corrected chi connectivity index (χ1v) is 7.01. The van der Waals surface area contributed by atoms with Crippen molar-refractivity contribution in [2.75, 3.05) is 7.11 Å². The summed E-state index contributed by atoms with van der Waals surface area (Å²) in [7, 11) is 1.65. The van der Waals surface area contributed by atoms with E-state index in [1.54, 1.807) is 7.11 Å². The van der Waals surface area contributed by atoms with E-state index in [-0.39, 0.29) is 0 Å². The van der Waals surface area contributed by atoms with Crippen LogP contribution in [0.3, 0.4) is 0 Å². The van der Waals surface area contributed by atoms with Crippen LogP contribution in [0.5, 0.6) is 5.75 Å². The van der Waals surface area contributed by atoms with E-state index in [2.05, 4.69) is 12.1 Å². The summed E-state index contributed by atoms with van der Waals surface area (Å²) in [4.78, 5) is 0. The molecule has 0 radical (unpaired) electrons. The number of hydrogen-bond acceptors (Lipinski definition) is 2. The minimum atomic E-state index is -0.637. The topological polar surface area (TPSA) is 29.5 Å². The highest BCUT2D eigenvalue weighted by atomic mass is 16.5. The van der Waals surface area contributed by atoms with Gasteiger partial charge in [-0.15, -0.1) is 0 Å². The number of methoxy groups -OCH3 is 1. The molecule has 0 spiro atoms. The molecule has 0 saturated carbocycles. The highest BCUT2D eigenvalue weighted by molar-refractivity contribution is 5.86. The predicted molar refractivity (Wildman–Crippen MR) is 85.7 cm³/mol. The molecule has 0 amide bonds. The van der Waals surface area contributed by atoms with Crippen molar-refractivity contribution in [1.29, 1.82) is 0 Å². The Hall–Kier alpha value is -2.32. The van der Waals surface area contributed by atoms with Gasteiger partial charge in [-0.2, -0.15) is 0 Å². The lowest BCUT2D eigenvalue weighted by Crippen LogP contribution is -2.03. The van der Waals surface area contributed by atoms with Crippen LogP contribution in [0, 0.1) is 6.92 Å². The minimum Gasteiger partial charge on any atom is -0.497 e. The average Bonchev–Trinajstić information content (AvgIpc) is 2.53. The molecule has 1 N–H and O–H groups in total. The van der Waals surface area contributed by atoms with E-state index >= 15 is 0 Å². The maximum Gasteiger partial charge on any atom is 0.119 e. The Morgan fingerprint density at radius 1 is 0.905 bits per heavy atom. The van der Waals surface area contributed by atoms with Crippen LogP contribution in [0.25, 0.3) is 10.8 Å². The summed E-state index contributed by atoms with van der Waals surface area (Å²) in [5.41, 5.74) is 2.86. The van der Waals surface area contributed by atoms with Crippen LogP contribution in [0.1, 0.15) is 22.8 Å². The van der Waals surface area contributed by atoms with Gasteiger partial charge < -0.3 is 9.84 Å². The number of aliphatic hydroxyl groups excluding tert-OH is 1. The molecule has 3 aromatic carbocycles. The molecule has 0 fully saturated rings. The summed E-state index contributed by atoms with van der Waals surface area (Å²) in [6.07, 6.45) is -0.637. The molecule has 0 aliphatic rings. The fourth-order valence-electron chi connectivity index (χ4n) is 2.74. The van der Waals surface area contributed by atoms with E-state index in [0.717, 1.165) is 33.2 Å². The van der Waals surface area contributed by atoms with Crippen LogP contribution in [0.2, 0.25) is 0 Å². The Kier molecular flexibility index (Phi) is 3.63. The van der Waals surface area contributed by atoms with E-state index in [9.17, 15) is 5.11 Å². The smallest absolute Gasteiger partial charge is 0.119 e. The molecule has 1 unspecified atom stereocenters. The number of benzene rings is 3. The molecule has 0 bridgehead atoms. The first kappa shape index (κ1) is 13.7. The summed E-state index contributed by atoms with van der Waals surface area (Å²) in [5.74, 6) is 0.807. The summed E-state index contributed by atoms with van der Waals surface area (Å²) >= 11 is 0. The molecule has 0 aliphatic heterocycles. The summed E-state index contributed by atoms with van der Waals surface area (Å²) in [6, 6.07) is 19.9. The zero-order valence-corrected chi connectivity index (χ0v) is 12.2. The van der Waals surface area contributed by atoms with Crippen LogP contribution in [-0.4, -0.2) is 12.2 Å². The standard InChI is InChI=1S/C19H18O2/c1-13-12-15(21-2)10-11-16(13)19(20)18-9-5-7-14-6-3-4-8-17(14)18/h3-12,19-20H,1-2H3. The van der Waals surface area contributed by atoms with Gasteiger partial charge in [-0.25, -0.2) is 0 Å². The van der Waals surface area contributed by atoms with Gasteiger partial charge in [0.1, 0.15) is 11.9 Å². The lowest BCUT2D eigenvalue weighted by molar-refractivity contribution is 0.221. The molecule has 0 aromatic heterocycles. The first-order valence-electron chi connectivity index (χ1n) is 7.01. The van der Waals surface area contributed by atoms with Crippen LogP contribution in [-0.2, 0) is 0 Å². The number of ether oxygens (including phenoxy) is 1. The number of fused-ring (bicyclic) bond motifs is 1. The average molecular weight is 278 g/mol. The number of aryl methyl sites for hydroxylation is 1. The van der Waals surface area contributed by atoms with E-state index in [4.69, 9.17) is 4.74 Å². The van der Waals surface area contributed by atoms with Crippen LogP contribution >= 0.6 is 0 Å². The number of hydrogen-bond donors (Lipinski definition) is 1. The SMILES string of the molecule is COc1ccc(C(O)c2cccc3ccccc23)c(C)c1. The molecule has 1 atom stereocenters. The Morgan fingerprint density at radius 2 is 1.67 bits per heavy atom. The Bertz CT molecular complexity index is 772. The van der Waals surface area contributed by atoms with Gasteiger partial charge in [0.05, 0.1) is 7.11 Å². The number of rotatable bonds is 3. The molecule has 0 heterocycles. The lowest BCUT2D eigenvalue weighted by atomic mass is 9.93. The molecule has 2 nitrogen and oxygen atoms in total. The maximum atomic E-state index is 10.8. The zero-order valence-electron chi connectivity index (χ0n) is 12.2. The highest BCUT2D eigenvalue weighted by Crippen LogP contribution is 2.31. The molecule has 21 heavy (non-hydrogen) atoms. The molecular formula is C19H18O2. The van der Waals surface area contributed by atoms with Crippen LogP contribution < -0.4 is 4.74 Å². The van der Waals surface area contributed by atoms with Gasteiger partial charge in [0.2, 0.25) is 0 Å². The van der Waals surface area contributed by atoms with Gasteiger partial charge in [0, 0.05) is 0 Å². The van der Waals surface area contributed by atoms with Gasteiger partial charge in [-0.3, -0.25) is 0 Å². The van der Waals surface area contributed by atoms with Crippen molar-refractivity contribution in [3.63, 3.8) is 0 Å². The Morgan fingerprint density at radius 3 is 2.43 bits per heavy atom. The van der Waals surface area contributed by atoms with Crippen molar-refractivity contribution in [1.82, 2.24) is 0 Å². The largest absolute Gasteiger partial charge is 0.497 e. The summed E-state index contributed by atoms with van der Waals surface area (Å²) < 4.78 is 5.22. The van der Waals surface area contributed by atoms with Crippen molar-refractivity contribution in [3.05, 3.63) is 77.4 Å². The molecule has 3 rings (SSSR count). The van der Waals surface area contributed by atoms with E-state index in [0.29, 0.717) is 0 Å². The second-order valence-corrected chi connectivity index (χ2v) is 5.19. The van der Waals surface area contributed by atoms with Crippen molar-refractivity contribution in [3.8, 4) is 5.75 Å². The van der Waals surface area contributed by atoms with Gasteiger partial charge in [-0.1, -0.05) is 48.5 Å². The molecular weight excluding hydrogens is 260 g/mol. The van der Waals surface area contributed by atoms with Gasteiger partial charge in [0.25, 0.3) is 0 Å². The molecule has 2 heteroatoms. The maximum absolute atomic E-state index is 10.8. The fraction of sp³-hybridized carbons (Fsp3) is 0.158. The highest BCUT2D eigenvalue weighted by Gasteiger charge is 2.15. The summed E-state index contributed by atoms with van der Waals surface area (Å²) in [5, 5.41) is 13.0. The van der Waals surface area contributed by atoms with Gasteiger partial charge in [-0.05, 0) is 46.5 Å². The minimum absolute atomic E-state index is 0.637. The molecule has 0 saturated heterocycles. The molecule has 106 valence electrons. The lowest BCUT2D eigenvalue weighted by Gasteiger charge is -2.17. The summed E-state index contributed by atoms with van der Waals surface area (Å²) in [6.45, 7) is 1.99. The fourth-order valence-corrected chi connectivity index (χ4v) is 2.74. The predicted octanol–water partition coefficient (Wildman–Crippen LogP) is 4.24. The van der Waals surface area contributed by atoms with E-state index < -0.39 is 6.10 Å². The van der Waals surface area contributed by atoms with Gasteiger partial charge >= 0.3 is 0 Å². The third kappa shape index (κ3) is 2.50. The Labute approximate surface area is 124 Å².